The molecular weight excluding hydrogens is 384 g/mol. The minimum absolute atomic E-state index is 0.0308. The van der Waals surface area contributed by atoms with E-state index in [-0.39, 0.29) is 37.0 Å². The number of amides is 2. The van der Waals surface area contributed by atoms with Crippen molar-refractivity contribution < 1.29 is 24.2 Å². The lowest BCUT2D eigenvalue weighted by Gasteiger charge is -2.34. The Morgan fingerprint density at radius 1 is 1.17 bits per heavy atom. The van der Waals surface area contributed by atoms with Gasteiger partial charge >= 0.3 is 0 Å². The first-order valence-electron chi connectivity index (χ1n) is 10.8. The molecule has 7 heteroatoms. The molecule has 1 unspecified atom stereocenters. The molecule has 7 nitrogen and oxygen atoms in total. The number of benzene rings is 1. The maximum absolute atomic E-state index is 13.3. The summed E-state index contributed by atoms with van der Waals surface area (Å²) in [6, 6.07) is 7.29. The molecule has 2 aliphatic rings. The van der Waals surface area contributed by atoms with E-state index < -0.39 is 0 Å². The second-order valence-corrected chi connectivity index (χ2v) is 8.00. The molecule has 0 aromatic heterocycles. The molecule has 2 amide bonds. The monoisotopic (exact) mass is 416 g/mol. The van der Waals surface area contributed by atoms with Crippen molar-refractivity contribution in [1.82, 2.24) is 9.80 Å². The molecule has 0 saturated carbocycles. The van der Waals surface area contributed by atoms with Crippen LogP contribution in [0, 0.1) is 5.92 Å². The van der Waals surface area contributed by atoms with Gasteiger partial charge in [-0.15, -0.1) is 0 Å². The molecule has 0 aliphatic carbocycles. The number of carbonyl (C=O) groups is 2. The summed E-state index contributed by atoms with van der Waals surface area (Å²) in [6.07, 6.45) is 1.83. The Balaban J connectivity index is 1.93. The highest BCUT2D eigenvalue weighted by atomic mass is 16.5. The van der Waals surface area contributed by atoms with Gasteiger partial charge in [-0.3, -0.25) is 14.5 Å². The predicted octanol–water partition coefficient (Wildman–Crippen LogP) is 2.29. The average Bonchev–Trinajstić information content (AvgIpc) is 2.99. The van der Waals surface area contributed by atoms with Gasteiger partial charge in [0.2, 0.25) is 0 Å². The van der Waals surface area contributed by atoms with E-state index in [1.165, 1.54) is 4.90 Å². The van der Waals surface area contributed by atoms with Gasteiger partial charge in [-0.2, -0.15) is 0 Å². The second kappa shape index (κ2) is 10.1. The van der Waals surface area contributed by atoms with Crippen LogP contribution in [-0.2, 0) is 14.3 Å². The van der Waals surface area contributed by atoms with Crippen LogP contribution in [0.1, 0.15) is 39.2 Å². The molecule has 1 atom stereocenters. The largest absolute Gasteiger partial charge is 0.494 e. The molecular formula is C23H32N2O5. The Bertz CT molecular complexity index is 787. The first-order valence-corrected chi connectivity index (χ1v) is 10.8. The van der Waals surface area contributed by atoms with Crippen molar-refractivity contribution in [3.63, 3.8) is 0 Å². The summed E-state index contributed by atoms with van der Waals surface area (Å²) in [6.45, 7) is 8.19. The number of nitrogens with zero attached hydrogens (tertiary/aromatic N) is 2. The SMILES string of the molecule is CCOc1ccc(C2=C(N3CCCC(CO)C3)C(=O)N(CCOC(C)C)C2=O)cc1. The number of hydrogen-bond donors (Lipinski definition) is 1. The third-order valence-corrected chi connectivity index (χ3v) is 5.46. The maximum Gasteiger partial charge on any atom is 0.277 e. The highest BCUT2D eigenvalue weighted by molar-refractivity contribution is 6.35. The zero-order chi connectivity index (χ0) is 21.7. The molecule has 1 saturated heterocycles. The fraction of sp³-hybridized carbons (Fsp3) is 0.565. The third-order valence-electron chi connectivity index (χ3n) is 5.46. The normalized spacial score (nSPS) is 20.0. The van der Waals surface area contributed by atoms with Crippen LogP contribution >= 0.6 is 0 Å². The minimum atomic E-state index is -0.294. The predicted molar refractivity (Wildman–Crippen MR) is 114 cm³/mol. The van der Waals surface area contributed by atoms with Crippen LogP contribution in [0.15, 0.2) is 30.0 Å². The number of likely N-dealkylation sites (tertiary alicyclic amines) is 1. The van der Waals surface area contributed by atoms with E-state index in [1.807, 2.05) is 49.9 Å². The van der Waals surface area contributed by atoms with Gasteiger partial charge in [-0.05, 0) is 57.2 Å². The van der Waals surface area contributed by atoms with E-state index in [9.17, 15) is 14.7 Å². The summed E-state index contributed by atoms with van der Waals surface area (Å²) in [5, 5.41) is 9.62. The van der Waals surface area contributed by atoms with Crippen molar-refractivity contribution >= 4 is 17.4 Å². The average molecular weight is 417 g/mol. The van der Waals surface area contributed by atoms with Gasteiger partial charge in [0.25, 0.3) is 11.8 Å². The topological polar surface area (TPSA) is 79.3 Å². The first kappa shape index (κ1) is 22.3. The van der Waals surface area contributed by atoms with E-state index >= 15 is 0 Å². The van der Waals surface area contributed by atoms with Gasteiger partial charge in [-0.25, -0.2) is 0 Å². The van der Waals surface area contributed by atoms with Crippen molar-refractivity contribution in [1.29, 1.82) is 0 Å². The number of rotatable bonds is 9. The molecule has 164 valence electrons. The molecule has 0 spiro atoms. The Labute approximate surface area is 178 Å². The first-order chi connectivity index (χ1) is 14.5. The van der Waals surface area contributed by atoms with Gasteiger partial charge in [0.15, 0.2) is 0 Å². The van der Waals surface area contributed by atoms with Crippen LogP contribution in [-0.4, -0.2) is 72.3 Å². The van der Waals surface area contributed by atoms with Crippen LogP contribution in [0.5, 0.6) is 5.75 Å². The van der Waals surface area contributed by atoms with Crippen LogP contribution < -0.4 is 4.74 Å². The zero-order valence-electron chi connectivity index (χ0n) is 18.1. The number of piperidine rings is 1. The van der Waals surface area contributed by atoms with Crippen LogP contribution in [0.2, 0.25) is 0 Å². The molecule has 30 heavy (non-hydrogen) atoms. The van der Waals surface area contributed by atoms with Gasteiger partial charge in [-0.1, -0.05) is 12.1 Å². The lowest BCUT2D eigenvalue weighted by molar-refractivity contribution is -0.138. The smallest absolute Gasteiger partial charge is 0.277 e. The molecule has 2 heterocycles. The van der Waals surface area contributed by atoms with Crippen molar-refractivity contribution in [2.45, 2.75) is 39.7 Å². The van der Waals surface area contributed by atoms with Crippen LogP contribution in [0.25, 0.3) is 5.57 Å². The number of carbonyl (C=O) groups excluding carboxylic acids is 2. The fourth-order valence-corrected chi connectivity index (χ4v) is 4.00. The summed E-state index contributed by atoms with van der Waals surface area (Å²) in [5.41, 5.74) is 1.56. The second-order valence-electron chi connectivity index (χ2n) is 8.00. The lowest BCUT2D eigenvalue weighted by Crippen LogP contribution is -2.41. The summed E-state index contributed by atoms with van der Waals surface area (Å²) in [4.78, 5) is 29.8. The van der Waals surface area contributed by atoms with Gasteiger partial charge in [0.1, 0.15) is 11.4 Å². The summed E-state index contributed by atoms with van der Waals surface area (Å²) < 4.78 is 11.1. The van der Waals surface area contributed by atoms with Crippen LogP contribution in [0.3, 0.4) is 0 Å². The maximum atomic E-state index is 13.3. The van der Waals surface area contributed by atoms with Crippen molar-refractivity contribution in [3.8, 4) is 5.75 Å². The van der Waals surface area contributed by atoms with Gasteiger partial charge in [0.05, 0.1) is 31.4 Å². The Morgan fingerprint density at radius 2 is 1.90 bits per heavy atom. The highest BCUT2D eigenvalue weighted by Crippen LogP contribution is 2.34. The Hall–Kier alpha value is -2.38. The third kappa shape index (κ3) is 4.84. The van der Waals surface area contributed by atoms with E-state index in [1.54, 1.807) is 0 Å². The number of hydrogen-bond acceptors (Lipinski definition) is 6. The van der Waals surface area contributed by atoms with E-state index in [0.717, 1.165) is 18.6 Å². The molecule has 0 bridgehead atoms. The zero-order valence-corrected chi connectivity index (χ0v) is 18.1. The molecule has 2 aliphatic heterocycles. The molecule has 0 radical (unpaired) electrons. The van der Waals surface area contributed by atoms with Crippen molar-refractivity contribution in [2.24, 2.45) is 5.92 Å². The highest BCUT2D eigenvalue weighted by Gasteiger charge is 2.42. The van der Waals surface area contributed by atoms with Crippen LogP contribution in [0.4, 0.5) is 0 Å². The Morgan fingerprint density at radius 3 is 2.53 bits per heavy atom. The molecule has 1 aromatic carbocycles. The van der Waals surface area contributed by atoms with E-state index in [0.29, 0.717) is 43.1 Å². The van der Waals surface area contributed by atoms with E-state index in [2.05, 4.69) is 0 Å². The van der Waals surface area contributed by atoms with Gasteiger partial charge in [0, 0.05) is 19.7 Å². The number of ether oxygens (including phenoxy) is 2. The summed E-state index contributed by atoms with van der Waals surface area (Å²) in [5.74, 6) is 0.252. The number of imide groups is 1. The lowest BCUT2D eigenvalue weighted by atomic mass is 9.97. The molecule has 1 aromatic rings. The molecule has 3 rings (SSSR count). The fourth-order valence-electron chi connectivity index (χ4n) is 4.00. The standard InChI is InChI=1S/C23H32N2O5/c1-4-29-19-9-7-18(8-10-19)20-21(24-11-5-6-17(14-24)15-26)23(28)25(22(20)27)12-13-30-16(2)3/h7-10,16-17,26H,4-6,11-15H2,1-3H3. The van der Waals surface area contributed by atoms with Gasteiger partial charge < -0.3 is 19.5 Å². The minimum Gasteiger partial charge on any atom is -0.494 e. The summed E-state index contributed by atoms with van der Waals surface area (Å²) in [7, 11) is 0. The Kier molecular flexibility index (Phi) is 7.50. The quantitative estimate of drug-likeness (QED) is 0.623. The van der Waals surface area contributed by atoms with Crippen molar-refractivity contribution in [2.75, 3.05) is 39.5 Å². The summed E-state index contributed by atoms with van der Waals surface area (Å²) >= 11 is 0. The van der Waals surface area contributed by atoms with E-state index in [4.69, 9.17) is 9.47 Å². The molecule has 1 N–H and O–H groups in total. The van der Waals surface area contributed by atoms with Crippen molar-refractivity contribution in [3.05, 3.63) is 35.5 Å². The molecule has 1 fully saturated rings. The number of aliphatic hydroxyl groups is 1. The number of aliphatic hydroxyl groups excluding tert-OH is 1.